The van der Waals surface area contributed by atoms with Crippen molar-refractivity contribution in [2.75, 3.05) is 18.4 Å². The van der Waals surface area contributed by atoms with Crippen LogP contribution in [0, 0.1) is 12.8 Å². The van der Waals surface area contributed by atoms with Crippen molar-refractivity contribution in [3.8, 4) is 0 Å². The Morgan fingerprint density at radius 3 is 2.95 bits per heavy atom. The fourth-order valence-corrected chi connectivity index (χ4v) is 3.78. The molecule has 4 heteroatoms. The Labute approximate surface area is 122 Å². The van der Waals surface area contributed by atoms with Gasteiger partial charge in [-0.2, -0.15) is 0 Å². The highest BCUT2D eigenvalue weighted by molar-refractivity contribution is 5.32. The lowest BCUT2D eigenvalue weighted by Crippen LogP contribution is -2.42. The Morgan fingerprint density at radius 1 is 1.30 bits per heavy atom. The number of hydrogen-bond acceptors (Lipinski definition) is 3. The van der Waals surface area contributed by atoms with Gasteiger partial charge in [0.2, 0.25) is 5.95 Å². The molecule has 0 saturated carbocycles. The number of nitrogens with one attached hydrogen (secondary N) is 1. The van der Waals surface area contributed by atoms with Gasteiger partial charge >= 0.3 is 0 Å². The molecule has 2 saturated heterocycles. The molecule has 2 aliphatic rings. The summed E-state index contributed by atoms with van der Waals surface area (Å²) in [6, 6.07) is 1.32. The van der Waals surface area contributed by atoms with Crippen LogP contribution in [0.4, 0.5) is 5.95 Å². The lowest BCUT2D eigenvalue weighted by atomic mass is 9.99. The molecule has 2 aliphatic heterocycles. The van der Waals surface area contributed by atoms with Gasteiger partial charge in [-0.1, -0.05) is 20.3 Å². The summed E-state index contributed by atoms with van der Waals surface area (Å²) in [6.07, 6.45) is 7.55. The smallest absolute Gasteiger partial charge is 0.203 e. The number of hydrogen-bond donors (Lipinski definition) is 1. The lowest BCUT2D eigenvalue weighted by Gasteiger charge is -2.32. The average molecular weight is 276 g/mol. The molecule has 0 aromatic carbocycles. The van der Waals surface area contributed by atoms with Crippen molar-refractivity contribution in [2.45, 2.75) is 65.1 Å². The minimum Gasteiger partial charge on any atom is -0.351 e. The summed E-state index contributed by atoms with van der Waals surface area (Å²) in [5.74, 6) is 1.73. The number of aromatic nitrogens is 2. The molecule has 0 bridgehead atoms. The molecule has 2 unspecified atom stereocenters. The third-order valence-corrected chi connectivity index (χ3v) is 4.63. The largest absolute Gasteiger partial charge is 0.351 e. The van der Waals surface area contributed by atoms with Crippen molar-refractivity contribution >= 4 is 5.95 Å². The van der Waals surface area contributed by atoms with Crippen molar-refractivity contribution in [3.63, 3.8) is 0 Å². The van der Waals surface area contributed by atoms with Gasteiger partial charge in [0.1, 0.15) is 0 Å². The second-order valence-electron chi connectivity index (χ2n) is 6.89. The maximum atomic E-state index is 4.70. The summed E-state index contributed by atoms with van der Waals surface area (Å²) in [6.45, 7) is 10.2. The zero-order valence-electron chi connectivity index (χ0n) is 13.1. The van der Waals surface area contributed by atoms with E-state index in [9.17, 15) is 0 Å². The average Bonchev–Trinajstić information content (AvgIpc) is 2.94. The van der Waals surface area contributed by atoms with Gasteiger partial charge in [0, 0.05) is 31.4 Å². The molecule has 20 heavy (non-hydrogen) atoms. The molecule has 3 heterocycles. The van der Waals surface area contributed by atoms with E-state index >= 15 is 0 Å². The van der Waals surface area contributed by atoms with E-state index in [-0.39, 0.29) is 0 Å². The van der Waals surface area contributed by atoms with Crippen LogP contribution in [-0.2, 0) is 6.54 Å². The van der Waals surface area contributed by atoms with Gasteiger partial charge < -0.3 is 9.88 Å². The molecule has 2 atom stereocenters. The van der Waals surface area contributed by atoms with Crippen molar-refractivity contribution in [1.29, 1.82) is 0 Å². The van der Waals surface area contributed by atoms with Gasteiger partial charge in [-0.3, -0.25) is 4.90 Å². The summed E-state index contributed by atoms with van der Waals surface area (Å²) in [7, 11) is 0. The lowest BCUT2D eigenvalue weighted by molar-refractivity contribution is 0.192. The first-order chi connectivity index (χ1) is 9.63. The minimum atomic E-state index is 0.586. The van der Waals surface area contributed by atoms with E-state index in [0.29, 0.717) is 12.0 Å². The van der Waals surface area contributed by atoms with Gasteiger partial charge in [0.05, 0.1) is 5.69 Å². The normalized spacial score (nSPS) is 27.0. The van der Waals surface area contributed by atoms with Crippen LogP contribution in [0.1, 0.15) is 45.2 Å². The topological polar surface area (TPSA) is 33.1 Å². The first-order valence-electron chi connectivity index (χ1n) is 8.18. The third kappa shape index (κ3) is 2.85. The van der Waals surface area contributed by atoms with Crippen LogP contribution < -0.4 is 5.32 Å². The molecular weight excluding hydrogens is 248 g/mol. The molecule has 1 aromatic heterocycles. The Bertz CT molecular complexity index is 451. The second-order valence-corrected chi connectivity index (χ2v) is 6.89. The monoisotopic (exact) mass is 276 g/mol. The van der Waals surface area contributed by atoms with Gasteiger partial charge in [-0.15, -0.1) is 0 Å². The van der Waals surface area contributed by atoms with E-state index in [2.05, 4.69) is 41.8 Å². The zero-order valence-corrected chi connectivity index (χ0v) is 13.1. The van der Waals surface area contributed by atoms with E-state index in [4.69, 9.17) is 4.98 Å². The van der Waals surface area contributed by atoms with Gasteiger partial charge in [0.25, 0.3) is 0 Å². The van der Waals surface area contributed by atoms with Crippen LogP contribution in [0.25, 0.3) is 0 Å². The molecule has 0 spiro atoms. The number of nitrogens with zero attached hydrogens (tertiary/aromatic N) is 3. The van der Waals surface area contributed by atoms with Crippen molar-refractivity contribution in [3.05, 3.63) is 11.9 Å². The van der Waals surface area contributed by atoms with Crippen molar-refractivity contribution in [2.24, 2.45) is 5.92 Å². The van der Waals surface area contributed by atoms with Gasteiger partial charge in [-0.05, 0) is 38.6 Å². The summed E-state index contributed by atoms with van der Waals surface area (Å²) in [5, 5.41) is 3.75. The molecule has 2 fully saturated rings. The first kappa shape index (κ1) is 13.9. The maximum Gasteiger partial charge on any atom is 0.203 e. The number of imidazole rings is 1. The van der Waals surface area contributed by atoms with Crippen LogP contribution in [-0.4, -0.2) is 39.6 Å². The number of anilines is 1. The second kappa shape index (κ2) is 5.76. The Kier molecular flexibility index (Phi) is 4.01. The molecule has 1 N–H and O–H groups in total. The molecule has 0 amide bonds. The summed E-state index contributed by atoms with van der Waals surface area (Å²) in [5.41, 5.74) is 1.12. The molecule has 0 radical (unpaired) electrons. The minimum absolute atomic E-state index is 0.586. The summed E-state index contributed by atoms with van der Waals surface area (Å²) >= 11 is 0. The van der Waals surface area contributed by atoms with Crippen LogP contribution in [0.3, 0.4) is 0 Å². The highest BCUT2D eigenvalue weighted by Gasteiger charge is 2.35. The SMILES string of the molecule is Cc1cn(CC(C)C)c(NC2CCN3CCCCC23)n1. The van der Waals surface area contributed by atoms with Gasteiger partial charge in [0.15, 0.2) is 0 Å². The highest BCUT2D eigenvalue weighted by Crippen LogP contribution is 2.29. The number of aryl methyl sites for hydroxylation is 1. The molecule has 3 rings (SSSR count). The zero-order chi connectivity index (χ0) is 14.1. The Balaban J connectivity index is 1.71. The maximum absolute atomic E-state index is 4.70. The van der Waals surface area contributed by atoms with E-state index in [1.807, 2.05) is 0 Å². The quantitative estimate of drug-likeness (QED) is 0.918. The molecule has 112 valence electrons. The van der Waals surface area contributed by atoms with E-state index in [1.165, 1.54) is 38.8 Å². The Hall–Kier alpha value is -1.03. The van der Waals surface area contributed by atoms with Gasteiger partial charge in [-0.25, -0.2) is 4.98 Å². The predicted molar refractivity (Wildman–Crippen MR) is 83.0 cm³/mol. The summed E-state index contributed by atoms with van der Waals surface area (Å²) in [4.78, 5) is 7.37. The molecule has 0 aliphatic carbocycles. The van der Waals surface area contributed by atoms with Crippen molar-refractivity contribution < 1.29 is 0 Å². The number of fused-ring (bicyclic) bond motifs is 1. The highest BCUT2D eigenvalue weighted by atomic mass is 15.3. The van der Waals surface area contributed by atoms with Crippen LogP contribution in [0.2, 0.25) is 0 Å². The first-order valence-corrected chi connectivity index (χ1v) is 8.18. The fourth-order valence-electron chi connectivity index (χ4n) is 3.78. The Morgan fingerprint density at radius 2 is 2.15 bits per heavy atom. The third-order valence-electron chi connectivity index (χ3n) is 4.63. The van der Waals surface area contributed by atoms with Crippen LogP contribution >= 0.6 is 0 Å². The standard InChI is InChI=1S/C16H28N4/c1-12(2)10-20-11-13(3)17-16(20)18-14-7-9-19-8-5-4-6-15(14)19/h11-12,14-15H,4-10H2,1-3H3,(H,17,18). The number of rotatable bonds is 4. The summed E-state index contributed by atoms with van der Waals surface area (Å²) < 4.78 is 2.30. The van der Waals surface area contributed by atoms with Crippen LogP contribution in [0.5, 0.6) is 0 Å². The van der Waals surface area contributed by atoms with E-state index < -0.39 is 0 Å². The number of piperidine rings is 1. The molecular formula is C16H28N4. The van der Waals surface area contributed by atoms with E-state index in [1.54, 1.807) is 0 Å². The van der Waals surface area contributed by atoms with E-state index in [0.717, 1.165) is 24.2 Å². The fraction of sp³-hybridized carbons (Fsp3) is 0.812. The molecule has 1 aromatic rings. The molecule has 4 nitrogen and oxygen atoms in total. The van der Waals surface area contributed by atoms with Crippen molar-refractivity contribution in [1.82, 2.24) is 14.5 Å². The van der Waals surface area contributed by atoms with Crippen LogP contribution in [0.15, 0.2) is 6.20 Å². The predicted octanol–water partition coefficient (Wildman–Crippen LogP) is 2.89.